The molecule has 0 radical (unpaired) electrons. The summed E-state index contributed by atoms with van der Waals surface area (Å²) in [5.74, 6) is 0.834. The molecule has 1 aromatic rings. The van der Waals surface area contributed by atoms with Gasteiger partial charge in [0.25, 0.3) is 0 Å². The van der Waals surface area contributed by atoms with E-state index in [2.05, 4.69) is 6.07 Å². The first-order valence-electron chi connectivity index (χ1n) is 4.90. The van der Waals surface area contributed by atoms with Gasteiger partial charge < -0.3 is 9.47 Å². The van der Waals surface area contributed by atoms with Crippen molar-refractivity contribution < 1.29 is 9.47 Å². The van der Waals surface area contributed by atoms with Crippen molar-refractivity contribution in [2.24, 2.45) is 5.41 Å². The van der Waals surface area contributed by atoms with Gasteiger partial charge in [0, 0.05) is 0 Å². The van der Waals surface area contributed by atoms with Crippen molar-refractivity contribution in [3.63, 3.8) is 0 Å². The summed E-state index contributed by atoms with van der Waals surface area (Å²) in [6.07, 6.45) is 0.737. The van der Waals surface area contributed by atoms with Gasteiger partial charge in [-0.2, -0.15) is 5.26 Å². The second kappa shape index (κ2) is 3.92. The molecule has 0 atom stereocenters. The fourth-order valence-corrected chi connectivity index (χ4v) is 1.73. The summed E-state index contributed by atoms with van der Waals surface area (Å²) in [5, 5.41) is 9.06. The zero-order valence-electron chi connectivity index (χ0n) is 8.69. The van der Waals surface area contributed by atoms with Crippen LogP contribution in [0.15, 0.2) is 24.3 Å². The van der Waals surface area contributed by atoms with E-state index in [1.54, 1.807) is 7.11 Å². The Labute approximate surface area is 89.2 Å². The molecular weight excluding hydrogens is 190 g/mol. The normalized spacial score (nSPS) is 17.6. The summed E-state index contributed by atoms with van der Waals surface area (Å²) >= 11 is 0. The van der Waals surface area contributed by atoms with Gasteiger partial charge in [-0.3, -0.25) is 0 Å². The summed E-state index contributed by atoms with van der Waals surface area (Å²) in [5.41, 5.74) is 0.811. The van der Waals surface area contributed by atoms with E-state index in [1.165, 1.54) is 0 Å². The Hall–Kier alpha value is -1.53. The number of methoxy groups -OCH3 is 1. The number of benzene rings is 1. The molecule has 0 N–H and O–H groups in total. The van der Waals surface area contributed by atoms with Gasteiger partial charge in [-0.25, -0.2) is 0 Å². The Balaban J connectivity index is 2.13. The van der Waals surface area contributed by atoms with E-state index in [9.17, 15) is 0 Å². The topological polar surface area (TPSA) is 42.2 Å². The molecule has 0 saturated carbocycles. The van der Waals surface area contributed by atoms with Crippen molar-refractivity contribution in [3.05, 3.63) is 29.8 Å². The van der Waals surface area contributed by atoms with E-state index >= 15 is 0 Å². The van der Waals surface area contributed by atoms with Crippen LogP contribution in [0.25, 0.3) is 0 Å². The molecule has 0 amide bonds. The SMILES string of the molecule is COc1cccc(CC2(C#N)COC2)c1. The molecule has 1 heterocycles. The largest absolute Gasteiger partial charge is 0.497 e. The molecule has 1 aliphatic rings. The summed E-state index contributed by atoms with van der Waals surface area (Å²) in [6, 6.07) is 10.2. The van der Waals surface area contributed by atoms with Crippen molar-refractivity contribution in [1.29, 1.82) is 5.26 Å². The van der Waals surface area contributed by atoms with Crippen LogP contribution in [0.5, 0.6) is 5.75 Å². The molecule has 3 nitrogen and oxygen atoms in total. The van der Waals surface area contributed by atoms with E-state index < -0.39 is 0 Å². The molecule has 3 heteroatoms. The van der Waals surface area contributed by atoms with Crippen molar-refractivity contribution in [2.75, 3.05) is 20.3 Å². The van der Waals surface area contributed by atoms with Gasteiger partial charge >= 0.3 is 0 Å². The average Bonchev–Trinajstić information content (AvgIpc) is 2.24. The number of nitriles is 1. The van der Waals surface area contributed by atoms with Crippen LogP contribution in [0.2, 0.25) is 0 Å². The monoisotopic (exact) mass is 203 g/mol. The van der Waals surface area contributed by atoms with E-state index in [1.807, 2.05) is 24.3 Å². The van der Waals surface area contributed by atoms with Crippen LogP contribution in [0.3, 0.4) is 0 Å². The molecule has 2 rings (SSSR count). The van der Waals surface area contributed by atoms with Gasteiger partial charge in [0.15, 0.2) is 0 Å². The highest BCUT2D eigenvalue weighted by molar-refractivity contribution is 5.30. The molecule has 1 aliphatic heterocycles. The van der Waals surface area contributed by atoms with E-state index in [0.29, 0.717) is 13.2 Å². The minimum absolute atomic E-state index is 0.313. The molecule has 1 fully saturated rings. The number of hydrogen-bond acceptors (Lipinski definition) is 3. The number of nitrogens with zero attached hydrogens (tertiary/aromatic N) is 1. The lowest BCUT2D eigenvalue weighted by Gasteiger charge is -2.35. The van der Waals surface area contributed by atoms with Crippen LogP contribution in [0.1, 0.15) is 5.56 Å². The quantitative estimate of drug-likeness (QED) is 0.752. The summed E-state index contributed by atoms with van der Waals surface area (Å²) < 4.78 is 10.2. The lowest BCUT2D eigenvalue weighted by atomic mass is 9.81. The molecule has 78 valence electrons. The zero-order valence-corrected chi connectivity index (χ0v) is 8.69. The maximum absolute atomic E-state index is 9.06. The minimum Gasteiger partial charge on any atom is -0.497 e. The van der Waals surface area contributed by atoms with Gasteiger partial charge in [-0.15, -0.1) is 0 Å². The van der Waals surface area contributed by atoms with Crippen molar-refractivity contribution in [2.45, 2.75) is 6.42 Å². The van der Waals surface area contributed by atoms with Crippen LogP contribution < -0.4 is 4.74 Å². The van der Waals surface area contributed by atoms with Gasteiger partial charge in [-0.05, 0) is 24.1 Å². The first-order chi connectivity index (χ1) is 7.28. The number of rotatable bonds is 3. The highest BCUT2D eigenvalue weighted by Crippen LogP contribution is 2.31. The van der Waals surface area contributed by atoms with Gasteiger partial charge in [-0.1, -0.05) is 12.1 Å². The number of hydrogen-bond donors (Lipinski definition) is 0. The van der Waals surface area contributed by atoms with E-state index in [4.69, 9.17) is 14.7 Å². The molecule has 0 aromatic heterocycles. The second-order valence-corrected chi connectivity index (χ2v) is 3.91. The number of ether oxygens (including phenoxy) is 2. The molecule has 1 aromatic carbocycles. The van der Waals surface area contributed by atoms with Crippen molar-refractivity contribution in [3.8, 4) is 11.8 Å². The van der Waals surface area contributed by atoms with Crippen LogP contribution >= 0.6 is 0 Å². The maximum Gasteiger partial charge on any atom is 0.119 e. The zero-order chi connectivity index (χ0) is 10.7. The van der Waals surface area contributed by atoms with Crippen molar-refractivity contribution >= 4 is 0 Å². The third kappa shape index (κ3) is 1.95. The van der Waals surface area contributed by atoms with E-state index in [0.717, 1.165) is 17.7 Å². The Morgan fingerprint density at radius 3 is 2.87 bits per heavy atom. The molecule has 0 spiro atoms. The summed E-state index contributed by atoms with van der Waals surface area (Å²) in [6.45, 7) is 1.08. The lowest BCUT2D eigenvalue weighted by molar-refractivity contribution is -0.0765. The predicted molar refractivity (Wildman–Crippen MR) is 55.6 cm³/mol. The smallest absolute Gasteiger partial charge is 0.119 e. The molecule has 0 unspecified atom stereocenters. The first-order valence-corrected chi connectivity index (χ1v) is 4.90. The summed E-state index contributed by atoms with van der Waals surface area (Å²) in [4.78, 5) is 0. The first kappa shape index (κ1) is 10.0. The molecule has 1 saturated heterocycles. The average molecular weight is 203 g/mol. The third-order valence-corrected chi connectivity index (χ3v) is 2.67. The molecule has 15 heavy (non-hydrogen) atoms. The Morgan fingerprint density at radius 2 is 2.33 bits per heavy atom. The van der Waals surface area contributed by atoms with Crippen LogP contribution in [0.4, 0.5) is 0 Å². The fraction of sp³-hybridized carbons (Fsp3) is 0.417. The standard InChI is InChI=1S/C12H13NO2/c1-14-11-4-2-3-10(5-11)6-12(7-13)8-15-9-12/h2-5H,6,8-9H2,1H3. The summed E-state index contributed by atoms with van der Waals surface area (Å²) in [7, 11) is 1.64. The van der Waals surface area contributed by atoms with Crippen molar-refractivity contribution in [1.82, 2.24) is 0 Å². The Kier molecular flexibility index (Phi) is 2.61. The molecule has 0 aliphatic carbocycles. The molecule has 0 bridgehead atoms. The van der Waals surface area contributed by atoms with Gasteiger partial charge in [0.2, 0.25) is 0 Å². The maximum atomic E-state index is 9.06. The van der Waals surface area contributed by atoms with E-state index in [-0.39, 0.29) is 5.41 Å². The highest BCUT2D eigenvalue weighted by Gasteiger charge is 2.38. The highest BCUT2D eigenvalue weighted by atomic mass is 16.5. The lowest BCUT2D eigenvalue weighted by Crippen LogP contribution is -2.43. The minimum atomic E-state index is -0.313. The Bertz CT molecular complexity index is 391. The second-order valence-electron chi connectivity index (χ2n) is 3.91. The fourth-order valence-electron chi connectivity index (χ4n) is 1.73. The molecular formula is C12H13NO2. The van der Waals surface area contributed by atoms with Gasteiger partial charge in [0.1, 0.15) is 11.2 Å². The predicted octanol–water partition coefficient (Wildman–Crippen LogP) is 1.78. The van der Waals surface area contributed by atoms with Crippen LogP contribution in [-0.4, -0.2) is 20.3 Å². The Morgan fingerprint density at radius 1 is 1.53 bits per heavy atom. The van der Waals surface area contributed by atoms with Crippen LogP contribution in [0, 0.1) is 16.7 Å². The van der Waals surface area contributed by atoms with Crippen LogP contribution in [-0.2, 0) is 11.2 Å². The van der Waals surface area contributed by atoms with Gasteiger partial charge in [0.05, 0.1) is 26.4 Å². The third-order valence-electron chi connectivity index (χ3n) is 2.67.